The van der Waals surface area contributed by atoms with Crippen LogP contribution in [0.1, 0.15) is 70.1 Å². The number of rotatable bonds is 10. The van der Waals surface area contributed by atoms with E-state index in [9.17, 15) is 0 Å². The Morgan fingerprint density at radius 1 is 0.763 bits per heavy atom. The van der Waals surface area contributed by atoms with Crippen LogP contribution in [0.15, 0.2) is 126 Å². The van der Waals surface area contributed by atoms with Crippen molar-refractivity contribution >= 4 is 57.5 Å². The summed E-state index contributed by atoms with van der Waals surface area (Å²) in [5.74, 6) is 2.31. The molecule has 8 rings (SSSR count). The zero-order valence-electron chi connectivity index (χ0n) is 36.0. The molecular formula is C52H55IrN3S2Si-2. The maximum Gasteiger partial charge on any atom is 0.0798 e. The average molecular weight is 1010 g/mol. The molecule has 3 nitrogen and oxygen atoms in total. The van der Waals surface area contributed by atoms with E-state index in [0.717, 1.165) is 40.1 Å². The molecule has 0 amide bonds. The summed E-state index contributed by atoms with van der Waals surface area (Å²) in [5.41, 5.74) is 13.3. The maximum atomic E-state index is 5.25. The normalized spacial score (nSPS) is 11.7. The van der Waals surface area contributed by atoms with Gasteiger partial charge in [0, 0.05) is 32.0 Å². The van der Waals surface area contributed by atoms with Gasteiger partial charge in [0.05, 0.1) is 24.9 Å². The number of benzene rings is 5. The van der Waals surface area contributed by atoms with Gasteiger partial charge in [0.1, 0.15) is 0 Å². The fourth-order valence-corrected chi connectivity index (χ4v) is 10.6. The molecule has 3 aromatic heterocycles. The first-order valence-electron chi connectivity index (χ1n) is 20.5. The predicted octanol–water partition coefficient (Wildman–Crippen LogP) is 14.6. The van der Waals surface area contributed by atoms with Crippen LogP contribution in [0, 0.1) is 17.4 Å². The Kier molecular flexibility index (Phi) is 14.4. The summed E-state index contributed by atoms with van der Waals surface area (Å²) in [7, 11) is -1.34. The number of pyridine rings is 1. The maximum absolute atomic E-state index is 5.25. The molecule has 0 atom stereocenters. The molecular weight excluding hydrogens is 951 g/mol. The second-order valence-electron chi connectivity index (χ2n) is 17.2. The van der Waals surface area contributed by atoms with Crippen molar-refractivity contribution in [3.63, 3.8) is 0 Å². The number of hydrogen-bond donors (Lipinski definition) is 0. The Morgan fingerprint density at radius 2 is 1.44 bits per heavy atom. The summed E-state index contributed by atoms with van der Waals surface area (Å²) in [4.78, 5) is 11.2. The first-order chi connectivity index (χ1) is 27.8. The first-order valence-corrected chi connectivity index (χ1v) is 26.0. The molecule has 7 heteroatoms. The third kappa shape index (κ3) is 9.77. The van der Waals surface area contributed by atoms with Crippen LogP contribution >= 0.6 is 23.1 Å². The molecule has 0 N–H and O–H groups in total. The molecule has 1 radical (unpaired) electrons. The fraction of sp³-hybridized carbons (Fsp3) is 0.269. The van der Waals surface area contributed by atoms with Crippen LogP contribution in [-0.4, -0.2) is 28.9 Å². The van der Waals surface area contributed by atoms with E-state index < -0.39 is 8.07 Å². The van der Waals surface area contributed by atoms with Gasteiger partial charge in [-0.3, -0.25) is 16.3 Å². The van der Waals surface area contributed by atoms with Gasteiger partial charge in [-0.25, -0.2) is 0 Å². The Hall–Kier alpha value is -4.10. The topological polar surface area (TPSA) is 30.7 Å². The van der Waals surface area contributed by atoms with E-state index in [4.69, 9.17) is 4.98 Å². The van der Waals surface area contributed by atoms with Crippen LogP contribution in [0.5, 0.6) is 0 Å². The second-order valence-corrected chi connectivity index (χ2v) is 24.0. The van der Waals surface area contributed by atoms with E-state index in [2.05, 4.69) is 192 Å². The number of para-hydroxylation sites is 2. The van der Waals surface area contributed by atoms with Gasteiger partial charge in [0.15, 0.2) is 0 Å². The zero-order valence-corrected chi connectivity index (χ0v) is 41.0. The third-order valence-electron chi connectivity index (χ3n) is 10.7. The molecule has 0 fully saturated rings. The molecule has 0 unspecified atom stereocenters. The van der Waals surface area contributed by atoms with E-state index in [1.54, 1.807) is 23.1 Å². The van der Waals surface area contributed by atoms with E-state index in [0.29, 0.717) is 17.8 Å². The summed E-state index contributed by atoms with van der Waals surface area (Å²) in [6.45, 7) is 20.9. The fourth-order valence-electron chi connectivity index (χ4n) is 7.76. The van der Waals surface area contributed by atoms with Crippen LogP contribution < -0.4 is 5.19 Å². The molecule has 3 heterocycles. The van der Waals surface area contributed by atoms with Crippen LogP contribution in [-0.2, 0) is 26.5 Å². The summed E-state index contributed by atoms with van der Waals surface area (Å²) in [6.07, 6.45) is 5.37. The van der Waals surface area contributed by atoms with Crippen molar-refractivity contribution in [2.45, 2.75) is 84.3 Å². The monoisotopic (exact) mass is 1010 g/mol. The standard InChI is InChI=1S/C34H31N2S2.C18H24NSi.Ir/c1-21(2)26-17-24(23-11-7-6-8-12-23)18-27(22(3)4)33(26)36-31-14-10-9-13-30(31)35-34(36)29-20-38-32-16-15-25(37-5)19-28(29)32;1-14(2)11-16-12-17(15-9-7-6-8-10-15)19-13-18(16)20(3,4)5;/h6-19,21-22H,1-5H3;6-9,12-14H,11H2,1-5H3;/q2*-1;. The molecule has 59 heavy (non-hydrogen) atoms. The van der Waals surface area contributed by atoms with E-state index in [1.165, 1.54) is 53.7 Å². The van der Waals surface area contributed by atoms with Crippen molar-refractivity contribution in [3.05, 3.63) is 150 Å². The van der Waals surface area contributed by atoms with Crippen LogP contribution in [0.3, 0.4) is 0 Å². The predicted molar refractivity (Wildman–Crippen MR) is 256 cm³/mol. The van der Waals surface area contributed by atoms with Crippen molar-refractivity contribution in [1.82, 2.24) is 14.5 Å². The number of nitrogens with zero attached hydrogens (tertiary/aromatic N) is 3. The SMILES string of the molecule is CC(C)Cc1cc(-c2[c-]cccc2)ncc1[Si](C)(C)C.CSc1ccc2s[c-]c(-c3nc4ccccc4n3-c3c(C(C)C)cc(-c4ccccc4)cc3C(C)C)c2c1.[Ir]. The molecule has 0 aliphatic heterocycles. The van der Waals surface area contributed by atoms with Crippen LogP contribution in [0.4, 0.5) is 0 Å². The van der Waals surface area contributed by atoms with Crippen molar-refractivity contribution in [3.8, 4) is 39.5 Å². The number of fused-ring (bicyclic) bond motifs is 2. The second kappa shape index (κ2) is 19.1. The molecule has 0 saturated carbocycles. The van der Waals surface area contributed by atoms with Crippen LogP contribution in [0.2, 0.25) is 19.6 Å². The third-order valence-corrected chi connectivity index (χ3v) is 14.3. The first kappa shape index (κ1) is 44.4. The number of aromatic nitrogens is 3. The zero-order chi connectivity index (χ0) is 41.1. The van der Waals surface area contributed by atoms with Gasteiger partial charge in [-0.05, 0) is 92.7 Å². The van der Waals surface area contributed by atoms with Gasteiger partial charge < -0.3 is 9.55 Å². The molecule has 0 aliphatic carbocycles. The van der Waals surface area contributed by atoms with Gasteiger partial charge >= 0.3 is 0 Å². The molecule has 8 aromatic rings. The van der Waals surface area contributed by atoms with Gasteiger partial charge in [-0.15, -0.1) is 53.0 Å². The number of hydrogen-bond acceptors (Lipinski definition) is 4. The van der Waals surface area contributed by atoms with Crippen molar-refractivity contribution in [2.75, 3.05) is 6.26 Å². The summed E-state index contributed by atoms with van der Waals surface area (Å²) in [6, 6.07) is 44.4. The molecule has 305 valence electrons. The van der Waals surface area contributed by atoms with E-state index >= 15 is 0 Å². The van der Waals surface area contributed by atoms with E-state index in [-0.39, 0.29) is 20.1 Å². The molecule has 0 spiro atoms. The number of imidazole rings is 1. The largest absolute Gasteiger partial charge is 0.333 e. The van der Waals surface area contributed by atoms with Crippen molar-refractivity contribution < 1.29 is 20.1 Å². The van der Waals surface area contributed by atoms with Crippen molar-refractivity contribution in [2.24, 2.45) is 5.92 Å². The Morgan fingerprint density at radius 3 is 2.07 bits per heavy atom. The summed E-state index contributed by atoms with van der Waals surface area (Å²) >= 11 is 3.45. The molecule has 0 bridgehead atoms. The Balaban J connectivity index is 0.000000236. The average Bonchev–Trinajstić information content (AvgIpc) is 3.81. The van der Waals surface area contributed by atoms with Crippen LogP contribution in [0.25, 0.3) is 60.6 Å². The minimum atomic E-state index is -1.34. The van der Waals surface area contributed by atoms with E-state index in [1.807, 2.05) is 18.2 Å². The van der Waals surface area contributed by atoms with Gasteiger partial charge in [-0.1, -0.05) is 149 Å². The van der Waals surface area contributed by atoms with Gasteiger partial charge in [0.25, 0.3) is 0 Å². The Bertz CT molecular complexity index is 2630. The smallest absolute Gasteiger partial charge is 0.0798 e. The minimum absolute atomic E-state index is 0. The minimum Gasteiger partial charge on any atom is -0.333 e. The summed E-state index contributed by atoms with van der Waals surface area (Å²) < 4.78 is 3.66. The molecule has 0 aliphatic rings. The molecule has 0 saturated heterocycles. The van der Waals surface area contributed by atoms with Gasteiger partial charge in [0.2, 0.25) is 0 Å². The number of thiophene rings is 1. The number of thioether (sulfide) groups is 1. The Labute approximate surface area is 375 Å². The van der Waals surface area contributed by atoms with Crippen molar-refractivity contribution in [1.29, 1.82) is 0 Å². The van der Waals surface area contributed by atoms with Gasteiger partial charge in [-0.2, -0.15) is 0 Å². The molecule has 5 aromatic carbocycles. The quantitative estimate of drug-likeness (QED) is 0.0777. The summed E-state index contributed by atoms with van der Waals surface area (Å²) in [5, 5.41) is 6.35.